The summed E-state index contributed by atoms with van der Waals surface area (Å²) in [4.78, 5) is 20.9. The molecular formula is C35H51N3O4Si. The van der Waals surface area contributed by atoms with Crippen molar-refractivity contribution in [3.8, 4) is 0 Å². The Hall–Kier alpha value is -2.94. The average molecular weight is 606 g/mol. The number of rotatable bonds is 12. The summed E-state index contributed by atoms with van der Waals surface area (Å²) in [5, 5.41) is 14.9. The summed E-state index contributed by atoms with van der Waals surface area (Å²) in [6.45, 7) is 16.4. The van der Waals surface area contributed by atoms with Crippen LogP contribution < -0.4 is 5.32 Å². The van der Waals surface area contributed by atoms with Crippen molar-refractivity contribution in [2.75, 3.05) is 13.2 Å². The lowest BCUT2D eigenvalue weighted by atomic mass is 9.87. The molecule has 0 radical (unpaired) electrons. The van der Waals surface area contributed by atoms with Gasteiger partial charge in [0.25, 0.3) is 5.91 Å². The third kappa shape index (κ3) is 7.77. The molecule has 0 bridgehead atoms. The second-order valence-corrected chi connectivity index (χ2v) is 18.3. The fourth-order valence-electron chi connectivity index (χ4n) is 6.11. The molecule has 0 aromatic heterocycles. The molecule has 4 unspecified atom stereocenters. The van der Waals surface area contributed by atoms with Gasteiger partial charge < -0.3 is 24.5 Å². The van der Waals surface area contributed by atoms with E-state index in [1.54, 1.807) is 0 Å². The molecule has 2 aromatic rings. The highest BCUT2D eigenvalue weighted by Crippen LogP contribution is 2.41. The first-order valence-electron chi connectivity index (χ1n) is 15.9. The molecule has 1 aliphatic heterocycles. The van der Waals surface area contributed by atoms with Crippen LogP contribution in [0.5, 0.6) is 0 Å². The van der Waals surface area contributed by atoms with Crippen LogP contribution in [0.2, 0.25) is 17.6 Å². The Balaban J connectivity index is 1.61. The number of nitrogens with zero attached hydrogens (tertiary/aromatic N) is 2. The zero-order valence-corrected chi connectivity index (χ0v) is 28.1. The van der Waals surface area contributed by atoms with Gasteiger partial charge in [-0.05, 0) is 61.4 Å². The SMILES string of the molecule is CC[Si](C)(OCCN(C(=O)C1=C(OCc2ccccc2)C(O)N=C(C2CCCC2c2ccccc2)N1)C(C)C)C(C)(C)C. The van der Waals surface area contributed by atoms with Gasteiger partial charge in [-0.3, -0.25) is 4.79 Å². The molecule has 2 N–H and O–H groups in total. The molecule has 1 amide bonds. The smallest absolute Gasteiger partial charge is 0.274 e. The highest BCUT2D eigenvalue weighted by Gasteiger charge is 2.41. The standard InChI is InChI=1S/C35H51N3O4Si/c1-8-43(7,35(4,5)6)42-23-22-38(25(2)3)34(40)30-31(41-24-26-16-11-9-12-17-26)33(39)37-32(36-30)29-21-15-20-28(29)27-18-13-10-14-19-27/h9-14,16-19,25,28-29,33,39H,8,15,20-24H2,1-7H3,(H,36,37). The molecule has 0 saturated heterocycles. The van der Waals surface area contributed by atoms with Crippen LogP contribution in [0.4, 0.5) is 0 Å². The first kappa shape index (κ1) is 33.0. The number of benzene rings is 2. The van der Waals surface area contributed by atoms with Crippen molar-refractivity contribution in [1.29, 1.82) is 0 Å². The summed E-state index contributed by atoms with van der Waals surface area (Å²) in [5.74, 6) is 0.965. The van der Waals surface area contributed by atoms with Crippen LogP contribution in [0.3, 0.4) is 0 Å². The Morgan fingerprint density at radius 2 is 1.70 bits per heavy atom. The van der Waals surface area contributed by atoms with Crippen LogP contribution in [0, 0.1) is 5.92 Å². The van der Waals surface area contributed by atoms with Crippen molar-refractivity contribution >= 4 is 20.1 Å². The summed E-state index contributed by atoms with van der Waals surface area (Å²) in [5.41, 5.74) is 2.48. The predicted molar refractivity (Wildman–Crippen MR) is 176 cm³/mol. The van der Waals surface area contributed by atoms with E-state index in [-0.39, 0.29) is 46.9 Å². The maximum atomic E-state index is 14.4. The molecule has 2 aliphatic rings. The zero-order chi connectivity index (χ0) is 31.2. The third-order valence-electron chi connectivity index (χ3n) is 9.44. The molecule has 4 atom stereocenters. The molecule has 234 valence electrons. The second-order valence-electron chi connectivity index (χ2n) is 13.4. The van der Waals surface area contributed by atoms with Gasteiger partial charge in [0, 0.05) is 18.5 Å². The molecule has 0 spiro atoms. The van der Waals surface area contributed by atoms with E-state index in [2.05, 4.69) is 63.8 Å². The molecule has 1 saturated carbocycles. The van der Waals surface area contributed by atoms with Gasteiger partial charge in [0.2, 0.25) is 6.23 Å². The number of ether oxygens (including phenoxy) is 1. The lowest BCUT2D eigenvalue weighted by Gasteiger charge is -2.39. The van der Waals surface area contributed by atoms with E-state index in [1.807, 2.05) is 55.1 Å². The van der Waals surface area contributed by atoms with Crippen molar-refractivity contribution in [3.05, 3.63) is 83.2 Å². The number of carbonyl (C=O) groups excluding carboxylic acids is 1. The summed E-state index contributed by atoms with van der Waals surface area (Å²) in [6.07, 6.45) is 1.78. The Labute approximate surface area is 259 Å². The first-order chi connectivity index (χ1) is 20.4. The monoisotopic (exact) mass is 605 g/mol. The van der Waals surface area contributed by atoms with Gasteiger partial charge >= 0.3 is 0 Å². The fourth-order valence-corrected chi connectivity index (χ4v) is 8.35. The van der Waals surface area contributed by atoms with E-state index in [1.165, 1.54) is 5.56 Å². The van der Waals surface area contributed by atoms with Gasteiger partial charge in [0.05, 0.1) is 6.61 Å². The number of hydrogen-bond acceptors (Lipinski definition) is 6. The van der Waals surface area contributed by atoms with Gasteiger partial charge in [-0.15, -0.1) is 0 Å². The molecule has 2 aromatic carbocycles. The van der Waals surface area contributed by atoms with Crippen LogP contribution in [-0.2, 0) is 20.6 Å². The maximum Gasteiger partial charge on any atom is 0.274 e. The molecule has 1 aliphatic carbocycles. The summed E-state index contributed by atoms with van der Waals surface area (Å²) < 4.78 is 12.8. The number of hydrogen-bond donors (Lipinski definition) is 2. The molecular weight excluding hydrogens is 554 g/mol. The quantitative estimate of drug-likeness (QED) is 0.256. The summed E-state index contributed by atoms with van der Waals surface area (Å²) in [6, 6.07) is 21.2. The Kier molecular flexibility index (Phi) is 10.9. The van der Waals surface area contributed by atoms with E-state index in [9.17, 15) is 9.90 Å². The number of aliphatic hydroxyl groups excluding tert-OH is 1. The maximum absolute atomic E-state index is 14.4. The number of aliphatic imine (C=N–C) groups is 1. The Bertz CT molecular complexity index is 1270. The number of amidine groups is 1. The molecule has 1 heterocycles. The Morgan fingerprint density at radius 1 is 1.07 bits per heavy atom. The van der Waals surface area contributed by atoms with Gasteiger partial charge in [-0.1, -0.05) is 94.8 Å². The highest BCUT2D eigenvalue weighted by molar-refractivity contribution is 6.75. The van der Waals surface area contributed by atoms with Gasteiger partial charge in [-0.2, -0.15) is 0 Å². The predicted octanol–water partition coefficient (Wildman–Crippen LogP) is 6.97. The summed E-state index contributed by atoms with van der Waals surface area (Å²) in [7, 11) is -1.99. The first-order valence-corrected chi connectivity index (χ1v) is 18.5. The zero-order valence-electron chi connectivity index (χ0n) is 27.1. The minimum atomic E-state index is -1.99. The van der Waals surface area contributed by atoms with Crippen molar-refractivity contribution in [3.63, 3.8) is 0 Å². The number of carbonyl (C=O) groups is 1. The van der Waals surface area contributed by atoms with E-state index in [4.69, 9.17) is 14.2 Å². The number of aliphatic hydroxyl groups is 1. The van der Waals surface area contributed by atoms with Crippen LogP contribution in [0.1, 0.15) is 77.8 Å². The summed E-state index contributed by atoms with van der Waals surface area (Å²) >= 11 is 0. The van der Waals surface area contributed by atoms with E-state index in [0.29, 0.717) is 19.0 Å². The second kappa shape index (κ2) is 14.2. The van der Waals surface area contributed by atoms with E-state index in [0.717, 1.165) is 30.9 Å². The number of amides is 1. The van der Waals surface area contributed by atoms with E-state index >= 15 is 0 Å². The molecule has 4 rings (SSSR count). The molecule has 43 heavy (non-hydrogen) atoms. The fraction of sp³-hybridized carbons (Fsp3) is 0.543. The minimum Gasteiger partial charge on any atom is -0.486 e. The lowest BCUT2D eigenvalue weighted by molar-refractivity contribution is -0.130. The number of nitrogens with one attached hydrogen (secondary N) is 1. The normalized spacial score (nSPS) is 22.2. The minimum absolute atomic E-state index is 0.0760. The largest absolute Gasteiger partial charge is 0.486 e. The van der Waals surface area contributed by atoms with Crippen LogP contribution in [0.15, 0.2) is 77.1 Å². The van der Waals surface area contributed by atoms with Gasteiger partial charge in [-0.25, -0.2) is 4.99 Å². The van der Waals surface area contributed by atoms with Gasteiger partial charge in [0.15, 0.2) is 14.1 Å². The van der Waals surface area contributed by atoms with Gasteiger partial charge in [0.1, 0.15) is 18.1 Å². The average Bonchev–Trinajstić information content (AvgIpc) is 3.48. The molecule has 1 fully saturated rings. The Morgan fingerprint density at radius 3 is 2.30 bits per heavy atom. The van der Waals surface area contributed by atoms with Crippen molar-refractivity contribution < 1.29 is 19.1 Å². The van der Waals surface area contributed by atoms with E-state index < -0.39 is 14.5 Å². The van der Waals surface area contributed by atoms with Crippen molar-refractivity contribution in [1.82, 2.24) is 10.2 Å². The van der Waals surface area contributed by atoms with Crippen LogP contribution in [0.25, 0.3) is 0 Å². The third-order valence-corrected chi connectivity index (χ3v) is 14.8. The molecule has 7 nitrogen and oxygen atoms in total. The van der Waals surface area contributed by atoms with Crippen LogP contribution in [-0.4, -0.2) is 55.5 Å². The van der Waals surface area contributed by atoms with Crippen LogP contribution >= 0.6 is 0 Å². The highest BCUT2D eigenvalue weighted by atomic mass is 28.4. The van der Waals surface area contributed by atoms with Crippen molar-refractivity contribution in [2.24, 2.45) is 10.9 Å². The van der Waals surface area contributed by atoms with Crippen molar-refractivity contribution in [2.45, 2.75) is 103 Å². The molecule has 8 heteroatoms. The lowest BCUT2D eigenvalue weighted by Crippen LogP contribution is -2.50. The topological polar surface area (TPSA) is 83.4 Å².